The molecule has 0 spiro atoms. The van der Waals surface area contributed by atoms with Crippen LogP contribution in [0.2, 0.25) is 0 Å². The van der Waals surface area contributed by atoms with Gasteiger partial charge in [-0.05, 0) is 29.8 Å². The number of rotatable bonds is 4. The summed E-state index contributed by atoms with van der Waals surface area (Å²) < 4.78 is 31.1. The first kappa shape index (κ1) is 16.0. The molecular formula is C17H19NO4S. The van der Waals surface area contributed by atoms with E-state index in [9.17, 15) is 8.42 Å². The first-order valence-electron chi connectivity index (χ1n) is 7.32. The molecule has 23 heavy (non-hydrogen) atoms. The third-order valence-electron chi connectivity index (χ3n) is 4.11. The van der Waals surface area contributed by atoms with Crippen LogP contribution in [-0.4, -0.2) is 39.5 Å². The predicted octanol–water partition coefficient (Wildman–Crippen LogP) is 2.46. The molecule has 0 saturated carbocycles. The maximum atomic E-state index is 13.0. The number of methoxy groups -OCH3 is 1. The first-order chi connectivity index (χ1) is 11.0. The van der Waals surface area contributed by atoms with E-state index in [0.717, 1.165) is 11.3 Å². The monoisotopic (exact) mass is 333 g/mol. The average Bonchev–Trinajstić information content (AvgIpc) is 2.98. The third-order valence-corrected chi connectivity index (χ3v) is 6.23. The van der Waals surface area contributed by atoms with E-state index in [2.05, 4.69) is 0 Å². The minimum absolute atomic E-state index is 0.143. The normalized spacial score (nSPS) is 22.2. The maximum absolute atomic E-state index is 13.0. The molecule has 0 radical (unpaired) electrons. The van der Waals surface area contributed by atoms with Crippen LogP contribution in [-0.2, 0) is 14.7 Å². The molecule has 0 aromatic heterocycles. The van der Waals surface area contributed by atoms with Crippen molar-refractivity contribution in [3.63, 3.8) is 0 Å². The highest BCUT2D eigenvalue weighted by atomic mass is 32.2. The molecule has 2 aromatic carbocycles. The van der Waals surface area contributed by atoms with E-state index >= 15 is 0 Å². The number of ether oxygens (including phenoxy) is 1. The van der Waals surface area contributed by atoms with Crippen LogP contribution in [0.25, 0.3) is 0 Å². The number of hydrogen-bond donors (Lipinski definition) is 0. The lowest BCUT2D eigenvalue weighted by Crippen LogP contribution is -2.30. The SMILES string of the molecule is COc1ccc([C@@H]2[C@@H](S(=O)(=O)c3ccccc3)CON2C)cc1. The van der Waals surface area contributed by atoms with Crippen molar-refractivity contribution in [1.29, 1.82) is 0 Å². The zero-order chi connectivity index (χ0) is 16.4. The molecule has 1 aliphatic rings. The molecule has 1 fully saturated rings. The van der Waals surface area contributed by atoms with Gasteiger partial charge in [0, 0.05) is 7.05 Å². The van der Waals surface area contributed by atoms with Crippen molar-refractivity contribution in [3.8, 4) is 5.75 Å². The Morgan fingerprint density at radius 3 is 2.35 bits per heavy atom. The second kappa shape index (κ2) is 6.31. The van der Waals surface area contributed by atoms with E-state index in [-0.39, 0.29) is 12.6 Å². The number of hydroxylamine groups is 2. The molecule has 6 heteroatoms. The van der Waals surface area contributed by atoms with Crippen LogP contribution in [0.3, 0.4) is 0 Å². The van der Waals surface area contributed by atoms with Gasteiger partial charge in [0.15, 0.2) is 9.84 Å². The summed E-state index contributed by atoms with van der Waals surface area (Å²) in [6, 6.07) is 15.6. The lowest BCUT2D eigenvalue weighted by Gasteiger charge is -2.23. The smallest absolute Gasteiger partial charge is 0.185 e. The molecule has 1 heterocycles. The first-order valence-corrected chi connectivity index (χ1v) is 8.87. The van der Waals surface area contributed by atoms with E-state index in [1.807, 2.05) is 24.3 Å². The molecule has 122 valence electrons. The van der Waals surface area contributed by atoms with Crippen LogP contribution in [0.1, 0.15) is 11.6 Å². The van der Waals surface area contributed by atoms with Crippen LogP contribution < -0.4 is 4.74 Å². The fraction of sp³-hybridized carbons (Fsp3) is 0.294. The van der Waals surface area contributed by atoms with Crippen LogP contribution in [0.4, 0.5) is 0 Å². The predicted molar refractivity (Wildman–Crippen MR) is 86.9 cm³/mol. The van der Waals surface area contributed by atoms with Crippen molar-refractivity contribution >= 4 is 9.84 Å². The Labute approximate surface area is 136 Å². The van der Waals surface area contributed by atoms with Crippen molar-refractivity contribution in [2.45, 2.75) is 16.2 Å². The Hall–Kier alpha value is -1.89. The third kappa shape index (κ3) is 2.97. The molecule has 0 amide bonds. The summed E-state index contributed by atoms with van der Waals surface area (Å²) in [7, 11) is -0.124. The van der Waals surface area contributed by atoms with Gasteiger partial charge in [-0.2, -0.15) is 5.06 Å². The van der Waals surface area contributed by atoms with Crippen LogP contribution >= 0.6 is 0 Å². The highest BCUT2D eigenvalue weighted by Gasteiger charge is 2.43. The van der Waals surface area contributed by atoms with Crippen molar-refractivity contribution in [2.24, 2.45) is 0 Å². The van der Waals surface area contributed by atoms with E-state index in [0.29, 0.717) is 4.90 Å². The highest BCUT2D eigenvalue weighted by molar-refractivity contribution is 7.92. The van der Waals surface area contributed by atoms with Gasteiger partial charge in [-0.15, -0.1) is 0 Å². The Morgan fingerprint density at radius 2 is 1.74 bits per heavy atom. The summed E-state index contributed by atoms with van der Waals surface area (Å²) in [6.07, 6.45) is 0. The number of sulfone groups is 1. The van der Waals surface area contributed by atoms with E-state index < -0.39 is 15.1 Å². The summed E-state index contributed by atoms with van der Waals surface area (Å²) in [6.45, 7) is 0.143. The van der Waals surface area contributed by atoms with Crippen LogP contribution in [0.15, 0.2) is 59.5 Å². The molecule has 0 aliphatic carbocycles. The zero-order valence-corrected chi connectivity index (χ0v) is 13.9. The standard InChI is InChI=1S/C17H19NO4S/c1-18-17(13-8-10-14(21-2)11-9-13)16(12-22-18)23(19,20)15-6-4-3-5-7-15/h3-11,16-17H,12H2,1-2H3/t16-,17+/m0/s1. The topological polar surface area (TPSA) is 55.8 Å². The Kier molecular flexibility index (Phi) is 4.39. The Balaban J connectivity index is 1.98. The van der Waals surface area contributed by atoms with Gasteiger partial charge in [0.05, 0.1) is 24.7 Å². The van der Waals surface area contributed by atoms with Gasteiger partial charge < -0.3 is 4.74 Å². The summed E-state index contributed by atoms with van der Waals surface area (Å²) in [5.41, 5.74) is 0.885. The largest absolute Gasteiger partial charge is 0.497 e. The minimum atomic E-state index is -3.48. The summed E-state index contributed by atoms with van der Waals surface area (Å²) in [4.78, 5) is 5.84. The molecule has 2 atom stereocenters. The van der Waals surface area contributed by atoms with Gasteiger partial charge in [-0.3, -0.25) is 4.84 Å². The molecule has 1 aliphatic heterocycles. The molecule has 0 bridgehead atoms. The number of hydrogen-bond acceptors (Lipinski definition) is 5. The van der Waals surface area contributed by atoms with Gasteiger partial charge in [0.25, 0.3) is 0 Å². The maximum Gasteiger partial charge on any atom is 0.185 e. The van der Waals surface area contributed by atoms with E-state index in [1.165, 1.54) is 0 Å². The number of benzene rings is 2. The van der Waals surface area contributed by atoms with Gasteiger partial charge in [-0.25, -0.2) is 8.42 Å². The van der Waals surface area contributed by atoms with Gasteiger partial charge in [-0.1, -0.05) is 30.3 Å². The van der Waals surface area contributed by atoms with Crippen LogP contribution in [0.5, 0.6) is 5.75 Å². The molecule has 5 nitrogen and oxygen atoms in total. The van der Waals surface area contributed by atoms with Gasteiger partial charge in [0.1, 0.15) is 11.0 Å². The van der Waals surface area contributed by atoms with Crippen LogP contribution in [0, 0.1) is 0 Å². The lowest BCUT2D eigenvalue weighted by atomic mass is 10.0. The lowest BCUT2D eigenvalue weighted by molar-refractivity contribution is -0.110. The minimum Gasteiger partial charge on any atom is -0.497 e. The second-order valence-corrected chi connectivity index (χ2v) is 7.62. The quantitative estimate of drug-likeness (QED) is 0.860. The molecule has 0 N–H and O–H groups in total. The highest BCUT2D eigenvalue weighted by Crippen LogP contribution is 2.36. The second-order valence-electron chi connectivity index (χ2n) is 5.46. The van der Waals surface area contributed by atoms with Crippen molar-refractivity contribution < 1.29 is 18.0 Å². The zero-order valence-electron chi connectivity index (χ0n) is 13.0. The summed E-state index contributed by atoms with van der Waals surface area (Å²) >= 11 is 0. The molecule has 3 rings (SSSR count). The van der Waals surface area contributed by atoms with Gasteiger partial charge in [0.2, 0.25) is 0 Å². The van der Waals surface area contributed by atoms with Crippen molar-refractivity contribution in [3.05, 3.63) is 60.2 Å². The molecule has 0 unspecified atom stereocenters. The number of nitrogens with zero attached hydrogens (tertiary/aromatic N) is 1. The van der Waals surface area contributed by atoms with Gasteiger partial charge >= 0.3 is 0 Å². The fourth-order valence-electron chi connectivity index (χ4n) is 2.87. The summed E-state index contributed by atoms with van der Waals surface area (Å²) in [5.74, 6) is 0.734. The summed E-state index contributed by atoms with van der Waals surface area (Å²) in [5, 5.41) is 0.968. The molecular weight excluding hydrogens is 314 g/mol. The fourth-order valence-corrected chi connectivity index (χ4v) is 4.66. The average molecular weight is 333 g/mol. The Bertz CT molecular complexity index is 759. The van der Waals surface area contributed by atoms with E-state index in [1.54, 1.807) is 49.6 Å². The van der Waals surface area contributed by atoms with Crippen molar-refractivity contribution in [2.75, 3.05) is 20.8 Å². The Morgan fingerprint density at radius 1 is 1.09 bits per heavy atom. The molecule has 2 aromatic rings. The van der Waals surface area contributed by atoms with E-state index in [4.69, 9.17) is 9.57 Å². The molecule has 1 saturated heterocycles. The van der Waals surface area contributed by atoms with Crippen molar-refractivity contribution in [1.82, 2.24) is 5.06 Å².